The van der Waals surface area contributed by atoms with Gasteiger partial charge in [-0.3, -0.25) is 0 Å². The fraction of sp³-hybridized carbons (Fsp3) is 0.625. The molecule has 2 heteroatoms. The Morgan fingerprint density at radius 2 is 1.61 bits per heavy atom. The number of nitrogens with zero attached hydrogens (tertiary/aromatic N) is 1. The van der Waals surface area contributed by atoms with Crippen molar-refractivity contribution in [2.75, 3.05) is 27.2 Å². The van der Waals surface area contributed by atoms with Gasteiger partial charge in [0.25, 0.3) is 0 Å². The topological polar surface area (TPSA) is 29.3 Å². The monoisotopic (exact) mass is 248 g/mol. The third kappa shape index (κ3) is 6.77. The molecular formula is C16H28N2. The van der Waals surface area contributed by atoms with E-state index >= 15 is 0 Å². The van der Waals surface area contributed by atoms with Crippen LogP contribution in [0.5, 0.6) is 0 Å². The Morgan fingerprint density at radius 1 is 0.944 bits per heavy atom. The smallest absolute Gasteiger partial charge is 0.00248 e. The highest BCUT2D eigenvalue weighted by Gasteiger charge is 1.97. The molecule has 0 unspecified atom stereocenters. The summed E-state index contributed by atoms with van der Waals surface area (Å²) in [6.07, 6.45) is 7.35. The number of hydrogen-bond acceptors (Lipinski definition) is 2. The van der Waals surface area contributed by atoms with Crippen molar-refractivity contribution in [3.8, 4) is 0 Å². The van der Waals surface area contributed by atoms with Gasteiger partial charge in [-0.05, 0) is 70.4 Å². The first-order valence-corrected chi connectivity index (χ1v) is 7.15. The first-order chi connectivity index (χ1) is 8.72. The summed E-state index contributed by atoms with van der Waals surface area (Å²) in [6, 6.07) is 8.99. The van der Waals surface area contributed by atoms with Crippen molar-refractivity contribution in [1.29, 1.82) is 0 Å². The van der Waals surface area contributed by atoms with Gasteiger partial charge in [0.2, 0.25) is 0 Å². The Hall–Kier alpha value is -0.860. The lowest BCUT2D eigenvalue weighted by molar-refractivity contribution is 0.391. The maximum Gasteiger partial charge on any atom is -0.00248 e. The molecule has 2 N–H and O–H groups in total. The first kappa shape index (κ1) is 15.2. The number of rotatable bonds is 9. The van der Waals surface area contributed by atoms with E-state index in [0.29, 0.717) is 0 Å². The number of unbranched alkanes of at least 4 members (excludes halogenated alkanes) is 2. The van der Waals surface area contributed by atoms with E-state index in [0.717, 1.165) is 19.4 Å². The molecule has 1 aromatic carbocycles. The molecule has 0 saturated heterocycles. The van der Waals surface area contributed by atoms with Gasteiger partial charge in [-0.25, -0.2) is 0 Å². The van der Waals surface area contributed by atoms with E-state index < -0.39 is 0 Å². The van der Waals surface area contributed by atoms with E-state index in [-0.39, 0.29) is 0 Å². The van der Waals surface area contributed by atoms with Crippen molar-refractivity contribution in [2.45, 2.75) is 38.5 Å². The maximum absolute atomic E-state index is 5.55. The van der Waals surface area contributed by atoms with Crippen molar-refractivity contribution >= 4 is 0 Å². The minimum Gasteiger partial charge on any atom is -0.330 e. The first-order valence-electron chi connectivity index (χ1n) is 7.15. The zero-order valence-corrected chi connectivity index (χ0v) is 12.0. The molecule has 18 heavy (non-hydrogen) atoms. The highest BCUT2D eigenvalue weighted by Crippen LogP contribution is 2.11. The Labute approximate surface area is 112 Å². The molecule has 0 atom stereocenters. The average Bonchev–Trinajstić information content (AvgIpc) is 2.36. The standard InChI is InChI=1S/C16H28N2/c1-18(2)13-5-3-4-8-15-9-6-10-16(14-15)11-7-12-17/h6,9-10,14H,3-5,7-8,11-13,17H2,1-2H3. The highest BCUT2D eigenvalue weighted by molar-refractivity contribution is 5.23. The molecule has 0 amide bonds. The van der Waals surface area contributed by atoms with Gasteiger partial charge in [0.1, 0.15) is 0 Å². The largest absolute Gasteiger partial charge is 0.330 e. The molecule has 0 heterocycles. The van der Waals surface area contributed by atoms with E-state index in [1.165, 1.54) is 43.4 Å². The van der Waals surface area contributed by atoms with Crippen molar-refractivity contribution in [3.63, 3.8) is 0 Å². The normalized spacial score (nSPS) is 11.1. The molecule has 1 rings (SSSR count). The van der Waals surface area contributed by atoms with Gasteiger partial charge >= 0.3 is 0 Å². The fourth-order valence-corrected chi connectivity index (χ4v) is 2.18. The number of aryl methyl sites for hydroxylation is 2. The molecule has 0 spiro atoms. The van der Waals surface area contributed by atoms with Crippen LogP contribution in [0.15, 0.2) is 24.3 Å². The quantitative estimate of drug-likeness (QED) is 0.681. The van der Waals surface area contributed by atoms with Gasteiger partial charge in [-0.1, -0.05) is 30.7 Å². The molecule has 0 radical (unpaired) electrons. The summed E-state index contributed by atoms with van der Waals surface area (Å²) in [6.45, 7) is 1.99. The third-order valence-corrected chi connectivity index (χ3v) is 3.23. The molecular weight excluding hydrogens is 220 g/mol. The molecule has 0 aliphatic carbocycles. The average molecular weight is 248 g/mol. The fourth-order valence-electron chi connectivity index (χ4n) is 2.18. The van der Waals surface area contributed by atoms with Crippen LogP contribution in [-0.4, -0.2) is 32.1 Å². The lowest BCUT2D eigenvalue weighted by atomic mass is 10.0. The molecule has 0 aliphatic heterocycles. The van der Waals surface area contributed by atoms with Crippen molar-refractivity contribution in [2.24, 2.45) is 5.73 Å². The van der Waals surface area contributed by atoms with Gasteiger partial charge in [-0.15, -0.1) is 0 Å². The molecule has 0 fully saturated rings. The van der Waals surface area contributed by atoms with E-state index in [1.807, 2.05) is 0 Å². The predicted molar refractivity (Wildman–Crippen MR) is 79.9 cm³/mol. The summed E-state index contributed by atoms with van der Waals surface area (Å²) in [5.74, 6) is 0. The molecule has 0 saturated carbocycles. The summed E-state index contributed by atoms with van der Waals surface area (Å²) in [5.41, 5.74) is 8.47. The second-order valence-electron chi connectivity index (χ2n) is 5.33. The van der Waals surface area contributed by atoms with Crippen LogP contribution in [0.4, 0.5) is 0 Å². The molecule has 0 aliphatic rings. The molecule has 0 aromatic heterocycles. The summed E-state index contributed by atoms with van der Waals surface area (Å²) >= 11 is 0. The number of hydrogen-bond donors (Lipinski definition) is 1. The molecule has 0 bridgehead atoms. The van der Waals surface area contributed by atoms with Gasteiger partial charge in [0.05, 0.1) is 0 Å². The van der Waals surface area contributed by atoms with Crippen molar-refractivity contribution < 1.29 is 0 Å². The molecule has 1 aromatic rings. The van der Waals surface area contributed by atoms with E-state index in [2.05, 4.69) is 43.3 Å². The third-order valence-electron chi connectivity index (χ3n) is 3.23. The van der Waals surface area contributed by atoms with E-state index in [9.17, 15) is 0 Å². The van der Waals surface area contributed by atoms with Gasteiger partial charge in [-0.2, -0.15) is 0 Å². The summed E-state index contributed by atoms with van der Waals surface area (Å²) in [4.78, 5) is 2.26. The second-order valence-corrected chi connectivity index (χ2v) is 5.33. The van der Waals surface area contributed by atoms with Crippen LogP contribution in [0.3, 0.4) is 0 Å². The highest BCUT2D eigenvalue weighted by atomic mass is 15.0. The summed E-state index contributed by atoms with van der Waals surface area (Å²) in [5, 5.41) is 0. The molecule has 2 nitrogen and oxygen atoms in total. The number of nitrogens with two attached hydrogens (primary N) is 1. The van der Waals surface area contributed by atoms with Gasteiger partial charge in [0.15, 0.2) is 0 Å². The van der Waals surface area contributed by atoms with Gasteiger partial charge < -0.3 is 10.6 Å². The number of benzene rings is 1. The lowest BCUT2D eigenvalue weighted by Crippen LogP contribution is -2.12. The van der Waals surface area contributed by atoms with Crippen LogP contribution in [0.1, 0.15) is 36.8 Å². The van der Waals surface area contributed by atoms with E-state index in [4.69, 9.17) is 5.73 Å². The van der Waals surface area contributed by atoms with Gasteiger partial charge in [0, 0.05) is 0 Å². The zero-order chi connectivity index (χ0) is 13.2. The Kier molecular flexibility index (Phi) is 7.70. The SMILES string of the molecule is CN(C)CCCCCc1cccc(CCCN)c1. The summed E-state index contributed by atoms with van der Waals surface area (Å²) < 4.78 is 0. The minimum absolute atomic E-state index is 0.786. The Morgan fingerprint density at radius 3 is 2.22 bits per heavy atom. The maximum atomic E-state index is 5.55. The summed E-state index contributed by atoms with van der Waals surface area (Å²) in [7, 11) is 4.28. The van der Waals surface area contributed by atoms with Crippen molar-refractivity contribution in [3.05, 3.63) is 35.4 Å². The van der Waals surface area contributed by atoms with Crippen LogP contribution >= 0.6 is 0 Å². The predicted octanol–water partition coefficient (Wildman–Crippen LogP) is 2.85. The molecule has 102 valence electrons. The van der Waals surface area contributed by atoms with Crippen LogP contribution in [-0.2, 0) is 12.8 Å². The lowest BCUT2D eigenvalue weighted by Gasteiger charge is -2.09. The van der Waals surface area contributed by atoms with Crippen molar-refractivity contribution in [1.82, 2.24) is 4.90 Å². The van der Waals surface area contributed by atoms with E-state index in [1.54, 1.807) is 0 Å². The minimum atomic E-state index is 0.786. The Bertz CT molecular complexity index is 321. The van der Waals surface area contributed by atoms with Crippen LogP contribution in [0, 0.1) is 0 Å². The van der Waals surface area contributed by atoms with Crippen LogP contribution in [0.2, 0.25) is 0 Å². The van der Waals surface area contributed by atoms with Crippen LogP contribution < -0.4 is 5.73 Å². The Balaban J connectivity index is 2.24. The second kappa shape index (κ2) is 9.12. The zero-order valence-electron chi connectivity index (χ0n) is 12.0. The van der Waals surface area contributed by atoms with Crippen LogP contribution in [0.25, 0.3) is 0 Å².